The summed E-state index contributed by atoms with van der Waals surface area (Å²) in [5, 5.41) is 14.7. The Balaban J connectivity index is 1.58. The van der Waals surface area contributed by atoms with E-state index in [1.54, 1.807) is 27.9 Å². The first-order valence-electron chi connectivity index (χ1n) is 19.2. The first-order chi connectivity index (χ1) is 23.7. The van der Waals surface area contributed by atoms with Crippen molar-refractivity contribution >= 4 is 17.7 Å². The molecule has 294 valence electrons. The molecule has 2 aliphatic heterocycles. The molecule has 4 rings (SSSR count). The van der Waals surface area contributed by atoms with Gasteiger partial charge in [-0.2, -0.15) is 0 Å². The minimum Gasteiger partial charge on any atom is -0.462 e. The Bertz CT molecular complexity index is 1210. The average Bonchev–Trinajstić information content (AvgIpc) is 3.92. The van der Waals surface area contributed by atoms with Crippen LogP contribution in [0.4, 0.5) is 0 Å². The highest BCUT2D eigenvalue weighted by Gasteiger charge is 2.53. The molecule has 2 heterocycles. The van der Waals surface area contributed by atoms with Crippen molar-refractivity contribution in [3.63, 3.8) is 0 Å². The number of hydrogen-bond donors (Lipinski definition) is 3. The maximum absolute atomic E-state index is 14.4. The molecule has 0 aromatic rings. The molecular formula is C38H69N5O8. The van der Waals surface area contributed by atoms with Crippen LogP contribution in [0.25, 0.3) is 0 Å². The molecule has 9 atom stereocenters. The lowest BCUT2D eigenvalue weighted by molar-refractivity contribution is -0.295. The van der Waals surface area contributed by atoms with Crippen molar-refractivity contribution in [2.45, 2.75) is 147 Å². The van der Waals surface area contributed by atoms with Crippen molar-refractivity contribution in [1.29, 1.82) is 0 Å². The van der Waals surface area contributed by atoms with Gasteiger partial charge >= 0.3 is 5.97 Å². The van der Waals surface area contributed by atoms with Crippen LogP contribution >= 0.6 is 0 Å². The van der Waals surface area contributed by atoms with E-state index < -0.39 is 47.1 Å². The normalized spacial score (nSPS) is 40.5. The van der Waals surface area contributed by atoms with Crippen LogP contribution in [0.5, 0.6) is 0 Å². The highest BCUT2D eigenvalue weighted by molar-refractivity contribution is 6.04. The molecule has 51 heavy (non-hydrogen) atoms. The maximum Gasteiger partial charge on any atom is 0.319 e. The largest absolute Gasteiger partial charge is 0.462 e. The smallest absolute Gasteiger partial charge is 0.319 e. The number of cyclic esters (lactones) is 1. The van der Waals surface area contributed by atoms with Crippen LogP contribution < -0.4 is 11.1 Å². The van der Waals surface area contributed by atoms with Gasteiger partial charge in [-0.1, -0.05) is 13.8 Å². The number of rotatable bonds is 9. The molecule has 4 fully saturated rings. The summed E-state index contributed by atoms with van der Waals surface area (Å²) in [5.74, 6) is -1.69. The van der Waals surface area contributed by atoms with Gasteiger partial charge in [0.2, 0.25) is 5.91 Å². The van der Waals surface area contributed by atoms with Gasteiger partial charge in [-0.05, 0) is 112 Å². The highest BCUT2D eigenvalue weighted by atomic mass is 16.7. The van der Waals surface area contributed by atoms with Gasteiger partial charge < -0.3 is 44.9 Å². The SMILES string of the molecule is CO[C@]1(C)C[C@@H](C)CN(C)[C@@](N)(C2CCC(N(C)C(=O)CNC3CC3)CC2)COC(=O)C(C)(C)C(=O)[C@H](C)[C@H]1O[C@@H]1O[C@H](C)C[C@H](N(C)C)[C@H]1O. The Labute approximate surface area is 306 Å². The molecule has 0 unspecified atom stereocenters. The van der Waals surface area contributed by atoms with Crippen molar-refractivity contribution in [3.8, 4) is 0 Å². The van der Waals surface area contributed by atoms with Crippen LogP contribution in [0.15, 0.2) is 0 Å². The lowest BCUT2D eigenvalue weighted by Crippen LogP contribution is -2.64. The van der Waals surface area contributed by atoms with Crippen LogP contribution in [0.2, 0.25) is 0 Å². The minimum atomic E-state index is -1.52. The summed E-state index contributed by atoms with van der Waals surface area (Å²) >= 11 is 0. The first kappa shape index (κ1) is 42.0. The lowest BCUT2D eigenvalue weighted by Gasteiger charge is -2.48. The molecular weight excluding hydrogens is 654 g/mol. The van der Waals surface area contributed by atoms with Gasteiger partial charge in [-0.25, -0.2) is 0 Å². The predicted molar refractivity (Wildman–Crippen MR) is 195 cm³/mol. The Morgan fingerprint density at radius 1 is 1.06 bits per heavy atom. The quantitative estimate of drug-likeness (QED) is 0.236. The van der Waals surface area contributed by atoms with Gasteiger partial charge in [0, 0.05) is 44.7 Å². The van der Waals surface area contributed by atoms with Gasteiger partial charge in [-0.15, -0.1) is 0 Å². The van der Waals surface area contributed by atoms with Crippen LogP contribution in [-0.2, 0) is 33.3 Å². The van der Waals surface area contributed by atoms with E-state index in [1.807, 2.05) is 51.8 Å². The number of carbonyl (C=O) groups is 3. The number of carbonyl (C=O) groups excluding carboxylic acids is 3. The third-order valence-electron chi connectivity index (χ3n) is 12.6. The molecule has 2 saturated carbocycles. The fourth-order valence-electron chi connectivity index (χ4n) is 8.82. The number of ketones is 1. The number of likely N-dealkylation sites (N-methyl/N-ethyl adjacent to an activating group) is 3. The van der Waals surface area contributed by atoms with Crippen molar-refractivity contribution in [3.05, 3.63) is 0 Å². The van der Waals surface area contributed by atoms with Crippen molar-refractivity contribution in [1.82, 2.24) is 20.0 Å². The second kappa shape index (κ2) is 16.8. The average molecular weight is 724 g/mol. The van der Waals surface area contributed by atoms with E-state index in [4.69, 9.17) is 24.7 Å². The van der Waals surface area contributed by atoms with Gasteiger partial charge in [0.05, 0.1) is 24.4 Å². The molecule has 2 aliphatic carbocycles. The zero-order valence-corrected chi connectivity index (χ0v) is 33.3. The minimum absolute atomic E-state index is 0.00355. The van der Waals surface area contributed by atoms with Gasteiger partial charge in [0.25, 0.3) is 0 Å². The summed E-state index contributed by atoms with van der Waals surface area (Å²) in [6.07, 6.45) is 3.54. The number of Topliss-reactive ketones (excluding diaryl/α,β-unsaturated/α-hetero) is 1. The fraction of sp³-hybridized carbons (Fsp3) is 0.921. The summed E-state index contributed by atoms with van der Waals surface area (Å²) in [4.78, 5) is 47.1. The molecule has 0 radical (unpaired) electrons. The standard InChI is InChI=1S/C38H69N5O8/c1-23-19-37(6,48-11)33(51-34-31(45)29(41(7)8)18-24(2)50-34)25(3)32(46)36(4,5)35(47)49-22-38(39,42(9)21-23)26-12-16-28(17-13-26)43(10)30(44)20-40-27-14-15-27/h23-29,31,33-34,40,45H,12-22,39H2,1-11H3/t23-,24-,25+,26?,28?,29+,31-,33-,34+,37-,38-/m1/s1. The molecule has 13 nitrogen and oxygen atoms in total. The Hall–Kier alpha value is -1.71. The molecule has 4 aliphatic rings. The van der Waals surface area contributed by atoms with Gasteiger partial charge in [0.15, 0.2) is 12.1 Å². The molecule has 4 N–H and O–H groups in total. The van der Waals surface area contributed by atoms with E-state index in [2.05, 4.69) is 17.1 Å². The van der Waals surface area contributed by atoms with E-state index in [9.17, 15) is 19.5 Å². The maximum atomic E-state index is 14.4. The molecule has 0 aromatic heterocycles. The van der Waals surface area contributed by atoms with Crippen LogP contribution in [0.1, 0.15) is 92.9 Å². The number of esters is 1. The Kier molecular flexibility index (Phi) is 13.8. The number of ether oxygens (including phenoxy) is 4. The van der Waals surface area contributed by atoms with Crippen LogP contribution in [0.3, 0.4) is 0 Å². The molecule has 0 aromatic carbocycles. The molecule has 0 bridgehead atoms. The number of nitrogens with two attached hydrogens (primary N) is 1. The topological polar surface area (TPSA) is 156 Å². The van der Waals surface area contributed by atoms with E-state index in [-0.39, 0.29) is 48.3 Å². The number of aliphatic hydroxyl groups excluding tert-OH is 1. The number of nitrogens with one attached hydrogen (secondary N) is 1. The number of methoxy groups -OCH3 is 1. The summed E-state index contributed by atoms with van der Waals surface area (Å²) in [5.41, 5.74) is 3.81. The van der Waals surface area contributed by atoms with E-state index in [0.29, 0.717) is 32.0 Å². The molecule has 13 heteroatoms. The zero-order chi connectivity index (χ0) is 38.1. The summed E-state index contributed by atoms with van der Waals surface area (Å²) in [6, 6.07) is 0.397. The molecule has 0 spiro atoms. The Morgan fingerprint density at radius 3 is 2.25 bits per heavy atom. The second-order valence-electron chi connectivity index (χ2n) is 17.3. The third-order valence-corrected chi connectivity index (χ3v) is 12.6. The van der Waals surface area contributed by atoms with Gasteiger partial charge in [0.1, 0.15) is 23.8 Å². The highest BCUT2D eigenvalue weighted by Crippen LogP contribution is 2.40. The summed E-state index contributed by atoms with van der Waals surface area (Å²) < 4.78 is 25.1. The van der Waals surface area contributed by atoms with Crippen LogP contribution in [0, 0.1) is 23.2 Å². The monoisotopic (exact) mass is 724 g/mol. The first-order valence-corrected chi connectivity index (χ1v) is 19.2. The summed E-state index contributed by atoms with van der Waals surface area (Å²) in [6.45, 7) is 11.8. The predicted octanol–water partition coefficient (Wildman–Crippen LogP) is 2.37. The summed E-state index contributed by atoms with van der Waals surface area (Å²) in [7, 11) is 9.30. The van der Waals surface area contributed by atoms with E-state index >= 15 is 0 Å². The second-order valence-corrected chi connectivity index (χ2v) is 17.3. The van der Waals surface area contributed by atoms with Crippen molar-refractivity contribution in [2.75, 3.05) is 55.0 Å². The number of aliphatic hydroxyl groups is 1. The fourth-order valence-corrected chi connectivity index (χ4v) is 8.82. The van der Waals surface area contributed by atoms with Crippen LogP contribution in [-0.4, -0.2) is 146 Å². The third kappa shape index (κ3) is 9.51. The number of hydrogen-bond acceptors (Lipinski definition) is 12. The lowest BCUT2D eigenvalue weighted by atomic mass is 9.74. The van der Waals surface area contributed by atoms with E-state index in [0.717, 1.165) is 38.5 Å². The number of nitrogens with zero attached hydrogens (tertiary/aromatic N) is 3. The molecule has 1 amide bonds. The van der Waals surface area contributed by atoms with Crippen molar-refractivity contribution in [2.24, 2.45) is 28.9 Å². The number of amides is 1. The van der Waals surface area contributed by atoms with Gasteiger partial charge in [-0.3, -0.25) is 19.3 Å². The van der Waals surface area contributed by atoms with E-state index in [1.165, 1.54) is 0 Å². The molecule has 2 saturated heterocycles. The van der Waals surface area contributed by atoms with Crippen molar-refractivity contribution < 1.29 is 38.4 Å². The Morgan fingerprint density at radius 2 is 1.69 bits per heavy atom. The zero-order valence-electron chi connectivity index (χ0n) is 33.3.